The molecule has 4 rings (SSSR count). The van der Waals surface area contributed by atoms with E-state index in [9.17, 15) is 4.79 Å². The normalized spacial score (nSPS) is 11.0. The molecule has 0 aliphatic rings. The molecule has 0 bridgehead atoms. The average molecular weight is 346 g/mol. The van der Waals surface area contributed by atoms with E-state index in [1.165, 1.54) is 0 Å². The number of para-hydroxylation sites is 1. The van der Waals surface area contributed by atoms with Crippen molar-refractivity contribution in [2.45, 2.75) is 13.5 Å². The summed E-state index contributed by atoms with van der Waals surface area (Å²) in [5.74, 6) is 1.00. The third-order valence-electron chi connectivity index (χ3n) is 4.38. The Balaban J connectivity index is 1.46. The lowest BCUT2D eigenvalue weighted by Crippen LogP contribution is -2.24. The van der Waals surface area contributed by atoms with E-state index in [4.69, 9.17) is 4.52 Å². The van der Waals surface area contributed by atoms with Crippen molar-refractivity contribution in [3.05, 3.63) is 71.7 Å². The van der Waals surface area contributed by atoms with E-state index in [0.29, 0.717) is 24.0 Å². The summed E-state index contributed by atoms with van der Waals surface area (Å²) in [6, 6.07) is 17.6. The molecule has 0 unspecified atom stereocenters. The molecule has 0 aliphatic heterocycles. The summed E-state index contributed by atoms with van der Waals surface area (Å²) in [4.78, 5) is 16.7. The van der Waals surface area contributed by atoms with Gasteiger partial charge in [-0.2, -0.15) is 4.98 Å². The molecule has 6 nitrogen and oxygen atoms in total. The summed E-state index contributed by atoms with van der Waals surface area (Å²) in [7, 11) is 1.90. The largest absolute Gasteiger partial charge is 0.347 e. The Labute approximate surface area is 150 Å². The van der Waals surface area contributed by atoms with Crippen molar-refractivity contribution in [1.29, 1.82) is 0 Å². The van der Waals surface area contributed by atoms with Gasteiger partial charge in [0.1, 0.15) is 5.69 Å². The lowest BCUT2D eigenvalue weighted by molar-refractivity contribution is 0.0943. The SMILES string of the molecule is Cc1nc(-c2ccc(CNC(=O)c3cc4ccccc4n3C)cc2)no1. The van der Waals surface area contributed by atoms with Crippen LogP contribution in [0.5, 0.6) is 0 Å². The summed E-state index contributed by atoms with van der Waals surface area (Å²) in [5, 5.41) is 7.93. The number of nitrogens with zero attached hydrogens (tertiary/aromatic N) is 3. The maximum atomic E-state index is 12.5. The van der Waals surface area contributed by atoms with Crippen molar-refractivity contribution >= 4 is 16.8 Å². The summed E-state index contributed by atoms with van der Waals surface area (Å²) >= 11 is 0. The van der Waals surface area contributed by atoms with Gasteiger partial charge in [-0.3, -0.25) is 4.79 Å². The van der Waals surface area contributed by atoms with Crippen LogP contribution in [0.4, 0.5) is 0 Å². The quantitative estimate of drug-likeness (QED) is 0.614. The number of carbonyl (C=O) groups is 1. The Bertz CT molecular complexity index is 1080. The van der Waals surface area contributed by atoms with Gasteiger partial charge < -0.3 is 14.4 Å². The van der Waals surface area contributed by atoms with Gasteiger partial charge in [0.2, 0.25) is 11.7 Å². The van der Waals surface area contributed by atoms with Crippen molar-refractivity contribution in [1.82, 2.24) is 20.0 Å². The number of carbonyl (C=O) groups excluding carboxylic acids is 1. The Morgan fingerprint density at radius 1 is 1.15 bits per heavy atom. The fourth-order valence-electron chi connectivity index (χ4n) is 2.97. The maximum absolute atomic E-state index is 12.5. The van der Waals surface area contributed by atoms with Gasteiger partial charge in [-0.15, -0.1) is 0 Å². The summed E-state index contributed by atoms with van der Waals surface area (Å²) < 4.78 is 6.90. The second-order valence-electron chi connectivity index (χ2n) is 6.16. The van der Waals surface area contributed by atoms with Crippen LogP contribution < -0.4 is 5.32 Å². The lowest BCUT2D eigenvalue weighted by atomic mass is 10.1. The van der Waals surface area contributed by atoms with E-state index in [-0.39, 0.29) is 5.91 Å². The van der Waals surface area contributed by atoms with Gasteiger partial charge in [-0.25, -0.2) is 0 Å². The number of rotatable bonds is 4. The Kier molecular flexibility index (Phi) is 4.01. The lowest BCUT2D eigenvalue weighted by Gasteiger charge is -2.07. The fourth-order valence-corrected chi connectivity index (χ4v) is 2.97. The van der Waals surface area contributed by atoms with Gasteiger partial charge in [0.25, 0.3) is 5.91 Å². The highest BCUT2D eigenvalue weighted by atomic mass is 16.5. The molecular formula is C20H18N4O2. The highest BCUT2D eigenvalue weighted by Gasteiger charge is 2.13. The van der Waals surface area contributed by atoms with E-state index in [2.05, 4.69) is 15.5 Å². The molecule has 6 heteroatoms. The number of benzene rings is 2. The number of fused-ring (bicyclic) bond motifs is 1. The van der Waals surface area contributed by atoms with Crippen molar-refractivity contribution in [3.63, 3.8) is 0 Å². The van der Waals surface area contributed by atoms with E-state index in [1.807, 2.05) is 66.2 Å². The molecule has 0 atom stereocenters. The summed E-state index contributed by atoms with van der Waals surface area (Å²) in [6.07, 6.45) is 0. The zero-order valence-electron chi connectivity index (χ0n) is 14.6. The predicted molar refractivity (Wildman–Crippen MR) is 98.6 cm³/mol. The van der Waals surface area contributed by atoms with Crippen LogP contribution in [-0.4, -0.2) is 20.6 Å². The third-order valence-corrected chi connectivity index (χ3v) is 4.38. The van der Waals surface area contributed by atoms with E-state index in [0.717, 1.165) is 22.0 Å². The third kappa shape index (κ3) is 2.97. The number of aromatic nitrogens is 3. The first kappa shape index (κ1) is 16.1. The molecule has 1 amide bonds. The molecule has 0 saturated carbocycles. The molecule has 1 N–H and O–H groups in total. The number of hydrogen-bond acceptors (Lipinski definition) is 4. The first-order valence-electron chi connectivity index (χ1n) is 8.34. The average Bonchev–Trinajstić information content (AvgIpc) is 3.24. The van der Waals surface area contributed by atoms with Crippen LogP contribution in [-0.2, 0) is 13.6 Å². The number of aryl methyl sites for hydroxylation is 2. The molecule has 2 aromatic heterocycles. The zero-order valence-corrected chi connectivity index (χ0v) is 14.6. The fraction of sp³-hybridized carbons (Fsp3) is 0.150. The van der Waals surface area contributed by atoms with Crippen LogP contribution in [0.25, 0.3) is 22.3 Å². The molecule has 0 aliphatic carbocycles. The molecule has 130 valence electrons. The zero-order chi connectivity index (χ0) is 18.1. The molecule has 0 spiro atoms. The second kappa shape index (κ2) is 6.48. The monoisotopic (exact) mass is 346 g/mol. The minimum atomic E-state index is -0.0958. The summed E-state index contributed by atoms with van der Waals surface area (Å²) in [5.41, 5.74) is 3.56. The van der Waals surface area contributed by atoms with Gasteiger partial charge in [-0.05, 0) is 17.7 Å². The molecule has 0 fully saturated rings. The number of amides is 1. The van der Waals surface area contributed by atoms with Crippen LogP contribution in [0.3, 0.4) is 0 Å². The number of hydrogen-bond donors (Lipinski definition) is 1. The van der Waals surface area contributed by atoms with Gasteiger partial charge in [-0.1, -0.05) is 47.6 Å². The molecule has 0 saturated heterocycles. The molecule has 4 aromatic rings. The molecule has 0 radical (unpaired) electrons. The first-order valence-corrected chi connectivity index (χ1v) is 8.34. The standard InChI is InChI=1S/C20H18N4O2/c1-13-22-19(23-26-13)15-9-7-14(8-10-15)12-21-20(25)18-11-16-5-3-4-6-17(16)24(18)2/h3-11H,12H2,1-2H3,(H,21,25). The highest BCUT2D eigenvalue weighted by Crippen LogP contribution is 2.19. The van der Waals surface area contributed by atoms with Crippen LogP contribution >= 0.6 is 0 Å². The van der Waals surface area contributed by atoms with Gasteiger partial charge >= 0.3 is 0 Å². The van der Waals surface area contributed by atoms with Crippen molar-refractivity contribution in [2.24, 2.45) is 7.05 Å². The second-order valence-corrected chi connectivity index (χ2v) is 6.16. The van der Waals surface area contributed by atoms with Crippen molar-refractivity contribution < 1.29 is 9.32 Å². The van der Waals surface area contributed by atoms with Crippen LogP contribution in [0.1, 0.15) is 21.9 Å². The van der Waals surface area contributed by atoms with Gasteiger partial charge in [0, 0.05) is 37.0 Å². The highest BCUT2D eigenvalue weighted by molar-refractivity contribution is 5.98. The molecular weight excluding hydrogens is 328 g/mol. The van der Waals surface area contributed by atoms with E-state index in [1.54, 1.807) is 6.92 Å². The van der Waals surface area contributed by atoms with Gasteiger partial charge in [0.05, 0.1) is 0 Å². The Morgan fingerprint density at radius 2 is 1.92 bits per heavy atom. The molecule has 26 heavy (non-hydrogen) atoms. The predicted octanol–water partition coefficient (Wildman–Crippen LogP) is 3.47. The van der Waals surface area contributed by atoms with E-state index >= 15 is 0 Å². The number of nitrogens with one attached hydrogen (secondary N) is 1. The van der Waals surface area contributed by atoms with Crippen LogP contribution in [0, 0.1) is 6.92 Å². The van der Waals surface area contributed by atoms with E-state index < -0.39 is 0 Å². The Hall–Kier alpha value is -3.41. The first-order chi connectivity index (χ1) is 12.6. The minimum Gasteiger partial charge on any atom is -0.347 e. The maximum Gasteiger partial charge on any atom is 0.268 e. The van der Waals surface area contributed by atoms with Crippen molar-refractivity contribution in [3.8, 4) is 11.4 Å². The van der Waals surface area contributed by atoms with Gasteiger partial charge in [0.15, 0.2) is 0 Å². The topological polar surface area (TPSA) is 73.0 Å². The van der Waals surface area contributed by atoms with Crippen LogP contribution in [0.15, 0.2) is 59.1 Å². The van der Waals surface area contributed by atoms with Crippen molar-refractivity contribution in [2.75, 3.05) is 0 Å². The molecule has 2 aromatic carbocycles. The summed E-state index contributed by atoms with van der Waals surface area (Å²) in [6.45, 7) is 2.21. The van der Waals surface area contributed by atoms with Crippen LogP contribution in [0.2, 0.25) is 0 Å². The Morgan fingerprint density at radius 3 is 2.62 bits per heavy atom. The smallest absolute Gasteiger partial charge is 0.268 e. The minimum absolute atomic E-state index is 0.0958. The molecule has 2 heterocycles.